The molecule has 9 heteroatoms. The van der Waals surface area contributed by atoms with E-state index in [9.17, 15) is 13.2 Å². The summed E-state index contributed by atoms with van der Waals surface area (Å²) in [6.45, 7) is 2.11. The van der Waals surface area contributed by atoms with E-state index in [-0.39, 0.29) is 18.0 Å². The van der Waals surface area contributed by atoms with Gasteiger partial charge in [0.25, 0.3) is 0 Å². The topological polar surface area (TPSA) is 108 Å². The zero-order valence-electron chi connectivity index (χ0n) is 14.1. The van der Waals surface area contributed by atoms with Crippen molar-refractivity contribution in [2.75, 3.05) is 12.8 Å². The number of H-pyrrole nitrogens is 1. The van der Waals surface area contributed by atoms with E-state index in [1.54, 1.807) is 11.8 Å². The third-order valence-corrected chi connectivity index (χ3v) is 4.92. The van der Waals surface area contributed by atoms with Crippen molar-refractivity contribution in [3.63, 3.8) is 0 Å². The maximum atomic E-state index is 12.3. The van der Waals surface area contributed by atoms with Gasteiger partial charge in [0.05, 0.1) is 12.3 Å². The van der Waals surface area contributed by atoms with Gasteiger partial charge in [-0.15, -0.1) is 0 Å². The van der Waals surface area contributed by atoms with Crippen molar-refractivity contribution in [2.24, 2.45) is 0 Å². The molecule has 0 saturated carbocycles. The van der Waals surface area contributed by atoms with Gasteiger partial charge in [0.1, 0.15) is 5.82 Å². The Morgan fingerprint density at radius 1 is 1.36 bits per heavy atom. The predicted octanol–water partition coefficient (Wildman–Crippen LogP) is 1.07. The largest absolute Gasteiger partial charge is 0.331 e. The summed E-state index contributed by atoms with van der Waals surface area (Å²) in [6, 6.07) is 8.88. The van der Waals surface area contributed by atoms with Crippen LogP contribution in [0.5, 0.6) is 0 Å². The van der Waals surface area contributed by atoms with Gasteiger partial charge in [-0.25, -0.2) is 18.1 Å². The van der Waals surface area contributed by atoms with E-state index in [0.29, 0.717) is 31.0 Å². The molecule has 0 radical (unpaired) electrons. The minimum absolute atomic E-state index is 0.0412. The number of nitrogens with one attached hydrogen (secondary N) is 2. The van der Waals surface area contributed by atoms with Crippen LogP contribution in [0.2, 0.25) is 0 Å². The van der Waals surface area contributed by atoms with Crippen LogP contribution in [0.1, 0.15) is 31.6 Å². The number of nitrogens with zero attached hydrogens (tertiary/aromatic N) is 3. The number of amides is 1. The average Bonchev–Trinajstić information content (AvgIpc) is 3.20. The van der Waals surface area contributed by atoms with Crippen molar-refractivity contribution in [3.05, 3.63) is 36.2 Å². The first-order valence-corrected chi connectivity index (χ1v) is 10.0. The maximum absolute atomic E-state index is 12.3. The smallest absolute Gasteiger partial charge is 0.222 e. The standard InChI is InChI=1S/C16H21N5O3S/c1-3-14(22)21-10-12(20-25(2,23)24)9-13(21)16-17-15(18-19-16)11-7-5-4-6-8-11/h4-8,12-13,20H,3,9-10H2,1-2H3,(H,17,18,19)/t12-,13-/m0/s1. The molecule has 2 atom stereocenters. The fraction of sp³-hybridized carbons (Fsp3) is 0.438. The van der Waals surface area contributed by atoms with E-state index in [0.717, 1.165) is 11.8 Å². The number of likely N-dealkylation sites (tertiary alicyclic amines) is 1. The molecule has 8 nitrogen and oxygen atoms in total. The first kappa shape index (κ1) is 17.6. The normalized spacial score (nSPS) is 20.8. The van der Waals surface area contributed by atoms with Crippen LogP contribution in [-0.4, -0.2) is 53.2 Å². The summed E-state index contributed by atoms with van der Waals surface area (Å²) in [5.41, 5.74) is 0.877. The van der Waals surface area contributed by atoms with Gasteiger partial charge in [0.2, 0.25) is 15.9 Å². The number of benzene rings is 1. The molecule has 1 aromatic heterocycles. The lowest BCUT2D eigenvalue weighted by Gasteiger charge is -2.22. The lowest BCUT2D eigenvalue weighted by Crippen LogP contribution is -2.37. The number of sulfonamides is 1. The van der Waals surface area contributed by atoms with Gasteiger partial charge in [0.15, 0.2) is 5.82 Å². The van der Waals surface area contributed by atoms with Gasteiger partial charge in [-0.05, 0) is 6.42 Å². The molecule has 0 bridgehead atoms. The lowest BCUT2D eigenvalue weighted by molar-refractivity contribution is -0.132. The van der Waals surface area contributed by atoms with Crippen LogP contribution in [0.15, 0.2) is 30.3 Å². The molecule has 0 unspecified atom stereocenters. The van der Waals surface area contributed by atoms with Crippen molar-refractivity contribution in [1.29, 1.82) is 0 Å². The summed E-state index contributed by atoms with van der Waals surface area (Å²) in [5.74, 6) is 1.08. The molecule has 1 aliphatic rings. The van der Waals surface area contributed by atoms with E-state index in [1.807, 2.05) is 30.3 Å². The fourth-order valence-electron chi connectivity index (χ4n) is 3.10. The third-order valence-electron chi connectivity index (χ3n) is 4.15. The van der Waals surface area contributed by atoms with E-state index in [2.05, 4.69) is 19.9 Å². The molecule has 2 N–H and O–H groups in total. The number of aromatic nitrogens is 3. The van der Waals surface area contributed by atoms with E-state index < -0.39 is 10.0 Å². The van der Waals surface area contributed by atoms with Crippen molar-refractivity contribution in [1.82, 2.24) is 24.8 Å². The van der Waals surface area contributed by atoms with Crippen LogP contribution in [0.3, 0.4) is 0 Å². The minimum Gasteiger partial charge on any atom is -0.331 e. The molecule has 0 aliphatic carbocycles. The zero-order valence-corrected chi connectivity index (χ0v) is 15.0. The Bertz CT molecular complexity index is 850. The van der Waals surface area contributed by atoms with Gasteiger partial charge in [-0.1, -0.05) is 37.3 Å². The van der Waals surface area contributed by atoms with E-state index >= 15 is 0 Å². The molecule has 25 heavy (non-hydrogen) atoms. The summed E-state index contributed by atoms with van der Waals surface area (Å²) in [5, 5.41) is 7.14. The quantitative estimate of drug-likeness (QED) is 0.826. The molecule has 1 aliphatic heterocycles. The number of rotatable bonds is 5. The molecule has 2 aromatic rings. The Hall–Kier alpha value is -2.26. The zero-order chi connectivity index (χ0) is 18.0. The van der Waals surface area contributed by atoms with Crippen LogP contribution >= 0.6 is 0 Å². The minimum atomic E-state index is -3.34. The molecule has 134 valence electrons. The highest BCUT2D eigenvalue weighted by atomic mass is 32.2. The van der Waals surface area contributed by atoms with Crippen molar-refractivity contribution >= 4 is 15.9 Å². The molecular formula is C16H21N5O3S. The predicted molar refractivity (Wildman–Crippen MR) is 92.9 cm³/mol. The molecule has 1 fully saturated rings. The maximum Gasteiger partial charge on any atom is 0.222 e. The summed E-state index contributed by atoms with van der Waals surface area (Å²) in [7, 11) is -3.34. The molecule has 1 saturated heterocycles. The number of carbonyl (C=O) groups excluding carboxylic acids is 1. The fourth-order valence-corrected chi connectivity index (χ4v) is 3.88. The van der Waals surface area contributed by atoms with Gasteiger partial charge in [0, 0.05) is 24.6 Å². The first-order chi connectivity index (χ1) is 11.9. The second-order valence-electron chi connectivity index (χ2n) is 6.15. The number of hydrogen-bond donors (Lipinski definition) is 2. The highest BCUT2D eigenvalue weighted by Gasteiger charge is 2.38. The summed E-state index contributed by atoms with van der Waals surface area (Å²) in [6.07, 6.45) is 1.93. The van der Waals surface area contributed by atoms with Crippen LogP contribution in [0.25, 0.3) is 11.4 Å². The monoisotopic (exact) mass is 363 g/mol. The average molecular weight is 363 g/mol. The molecule has 3 rings (SSSR count). The Balaban J connectivity index is 1.86. The SMILES string of the molecule is CCC(=O)N1C[C@@H](NS(C)(=O)=O)C[C@H]1c1nc(-c2ccccc2)n[nH]1. The van der Waals surface area contributed by atoms with E-state index in [4.69, 9.17) is 0 Å². The molecule has 1 amide bonds. The lowest BCUT2D eigenvalue weighted by atomic mass is 10.1. The number of carbonyl (C=O) groups is 1. The number of aromatic amines is 1. The van der Waals surface area contributed by atoms with Crippen molar-refractivity contribution in [3.8, 4) is 11.4 Å². The summed E-state index contributed by atoms with van der Waals surface area (Å²) >= 11 is 0. The van der Waals surface area contributed by atoms with Crippen LogP contribution < -0.4 is 4.72 Å². The Kier molecular flexibility index (Phi) is 4.87. The highest BCUT2D eigenvalue weighted by molar-refractivity contribution is 7.88. The van der Waals surface area contributed by atoms with Crippen molar-refractivity contribution in [2.45, 2.75) is 31.8 Å². The Morgan fingerprint density at radius 3 is 2.72 bits per heavy atom. The molecule has 1 aromatic carbocycles. The van der Waals surface area contributed by atoms with Crippen LogP contribution in [0.4, 0.5) is 0 Å². The van der Waals surface area contributed by atoms with Crippen LogP contribution in [-0.2, 0) is 14.8 Å². The van der Waals surface area contributed by atoms with Gasteiger partial charge in [-0.2, -0.15) is 5.10 Å². The third kappa shape index (κ3) is 4.05. The van der Waals surface area contributed by atoms with E-state index in [1.165, 1.54) is 0 Å². The summed E-state index contributed by atoms with van der Waals surface area (Å²) in [4.78, 5) is 18.5. The first-order valence-electron chi connectivity index (χ1n) is 8.12. The second kappa shape index (κ2) is 6.93. The molecule has 2 heterocycles. The van der Waals surface area contributed by atoms with Crippen molar-refractivity contribution < 1.29 is 13.2 Å². The Labute approximate surface area is 146 Å². The Morgan fingerprint density at radius 2 is 2.08 bits per heavy atom. The second-order valence-corrected chi connectivity index (χ2v) is 7.93. The van der Waals surface area contributed by atoms with Gasteiger partial charge >= 0.3 is 0 Å². The number of hydrogen-bond acceptors (Lipinski definition) is 5. The highest BCUT2D eigenvalue weighted by Crippen LogP contribution is 2.31. The summed E-state index contributed by atoms with van der Waals surface area (Å²) < 4.78 is 25.6. The van der Waals surface area contributed by atoms with Gasteiger partial charge in [-0.3, -0.25) is 9.89 Å². The molecule has 0 spiro atoms. The molecular weight excluding hydrogens is 342 g/mol. The van der Waals surface area contributed by atoms with Crippen LogP contribution in [0, 0.1) is 0 Å². The van der Waals surface area contributed by atoms with Gasteiger partial charge < -0.3 is 4.90 Å².